The van der Waals surface area contributed by atoms with Crippen LogP contribution in [0.5, 0.6) is 0 Å². The molecular weight excluding hydrogens is 456 g/mol. The molecule has 1 fully saturated rings. The van der Waals surface area contributed by atoms with E-state index >= 15 is 0 Å². The van der Waals surface area contributed by atoms with Crippen LogP contribution in [0.1, 0.15) is 50.3 Å². The monoisotopic (exact) mass is 482 g/mol. The number of rotatable bonds is 7. The molecule has 6 nitrogen and oxygen atoms in total. The fraction of sp³-hybridized carbons (Fsp3) is 0.280. The minimum absolute atomic E-state index is 0.144. The quantitative estimate of drug-likeness (QED) is 0.446. The molecule has 0 N–H and O–H groups in total. The maximum atomic E-state index is 13.7. The molecular formula is C25H26N2O4S2. The maximum absolute atomic E-state index is 13.7. The Morgan fingerprint density at radius 1 is 0.909 bits per heavy atom. The lowest BCUT2D eigenvalue weighted by atomic mass is 10.0. The molecule has 0 spiro atoms. The molecule has 1 aliphatic rings. The highest BCUT2D eigenvalue weighted by Crippen LogP contribution is 2.36. The first-order valence-corrected chi connectivity index (χ1v) is 13.1. The van der Waals surface area contributed by atoms with E-state index in [1.807, 2.05) is 42.5 Å². The smallest absolute Gasteiger partial charge is 0.253 e. The summed E-state index contributed by atoms with van der Waals surface area (Å²) in [4.78, 5) is 27.6. The van der Waals surface area contributed by atoms with Crippen LogP contribution in [0.15, 0.2) is 76.3 Å². The highest BCUT2D eigenvalue weighted by atomic mass is 32.2. The maximum Gasteiger partial charge on any atom is 0.253 e. The van der Waals surface area contributed by atoms with E-state index in [9.17, 15) is 18.0 Å². The predicted molar refractivity (Wildman–Crippen MR) is 130 cm³/mol. The fourth-order valence-electron chi connectivity index (χ4n) is 4.13. The van der Waals surface area contributed by atoms with Gasteiger partial charge in [-0.05, 0) is 47.5 Å². The normalized spacial score (nSPS) is 17.8. The number of hydrogen-bond donors (Lipinski definition) is 0. The van der Waals surface area contributed by atoms with E-state index in [4.69, 9.17) is 0 Å². The molecule has 2 heterocycles. The Labute approximate surface area is 198 Å². The summed E-state index contributed by atoms with van der Waals surface area (Å²) in [5.41, 5.74) is 2.30. The number of anilines is 1. The molecule has 4 rings (SSSR count). The lowest BCUT2D eigenvalue weighted by Gasteiger charge is -2.32. The van der Waals surface area contributed by atoms with Crippen molar-refractivity contribution in [3.63, 3.8) is 0 Å². The molecule has 0 bridgehead atoms. The molecule has 0 aliphatic carbocycles. The van der Waals surface area contributed by atoms with E-state index < -0.39 is 33.9 Å². The van der Waals surface area contributed by atoms with Gasteiger partial charge >= 0.3 is 0 Å². The molecule has 172 valence electrons. The highest BCUT2D eigenvalue weighted by molar-refractivity contribution is 7.91. The van der Waals surface area contributed by atoms with Gasteiger partial charge in [0.2, 0.25) is 5.91 Å². The minimum Gasteiger partial charge on any atom is -0.274 e. The van der Waals surface area contributed by atoms with Crippen molar-refractivity contribution in [3.05, 3.63) is 83.2 Å². The Bertz CT molecular complexity index is 1240. The molecule has 8 heteroatoms. The largest absolute Gasteiger partial charge is 0.274 e. The van der Waals surface area contributed by atoms with Gasteiger partial charge in [-0.3, -0.25) is 9.59 Å². The Balaban J connectivity index is 1.74. The van der Waals surface area contributed by atoms with Gasteiger partial charge in [0.05, 0.1) is 12.1 Å². The van der Waals surface area contributed by atoms with Crippen LogP contribution in [0.25, 0.3) is 0 Å². The lowest BCUT2D eigenvalue weighted by molar-refractivity contribution is -0.122. The van der Waals surface area contributed by atoms with E-state index in [1.165, 1.54) is 10.4 Å². The molecule has 2 amide bonds. The first-order chi connectivity index (χ1) is 15.7. The van der Waals surface area contributed by atoms with Gasteiger partial charge in [0, 0.05) is 6.04 Å². The first kappa shape index (κ1) is 23.4. The second kappa shape index (κ2) is 9.21. The zero-order valence-corrected chi connectivity index (χ0v) is 20.3. The summed E-state index contributed by atoms with van der Waals surface area (Å²) in [6.07, 6.45) is -0.202. The van der Waals surface area contributed by atoms with Crippen molar-refractivity contribution >= 4 is 38.9 Å². The van der Waals surface area contributed by atoms with E-state index in [0.29, 0.717) is 11.6 Å². The number of carbonyl (C=O) groups excluding carboxylic acids is 2. The lowest BCUT2D eigenvalue weighted by Crippen LogP contribution is -2.46. The molecule has 1 aliphatic heterocycles. The van der Waals surface area contributed by atoms with Gasteiger partial charge in [-0.1, -0.05) is 62.4 Å². The van der Waals surface area contributed by atoms with Crippen LogP contribution >= 0.6 is 11.3 Å². The molecule has 1 aromatic heterocycles. The third-order valence-electron chi connectivity index (χ3n) is 5.94. The number of thiophene rings is 1. The van der Waals surface area contributed by atoms with Gasteiger partial charge in [-0.25, -0.2) is 13.3 Å². The highest BCUT2D eigenvalue weighted by Gasteiger charge is 2.49. The summed E-state index contributed by atoms with van der Waals surface area (Å²) in [6, 6.07) is 17.8. The van der Waals surface area contributed by atoms with E-state index in [-0.39, 0.29) is 10.6 Å². The molecule has 2 unspecified atom stereocenters. The Morgan fingerprint density at radius 2 is 1.58 bits per heavy atom. The van der Waals surface area contributed by atoms with Gasteiger partial charge in [-0.15, -0.1) is 11.3 Å². The number of amides is 2. The zero-order chi connectivity index (χ0) is 23.8. The summed E-state index contributed by atoms with van der Waals surface area (Å²) in [6.45, 7) is 5.88. The van der Waals surface area contributed by atoms with Crippen molar-refractivity contribution in [2.75, 3.05) is 4.90 Å². The molecule has 0 saturated carbocycles. The van der Waals surface area contributed by atoms with Crippen LogP contribution < -0.4 is 4.90 Å². The Hall–Kier alpha value is -2.81. The van der Waals surface area contributed by atoms with Crippen molar-refractivity contribution in [3.8, 4) is 0 Å². The summed E-state index contributed by atoms with van der Waals surface area (Å²) >= 11 is 1.09. The van der Waals surface area contributed by atoms with Crippen molar-refractivity contribution in [1.29, 1.82) is 0 Å². The van der Waals surface area contributed by atoms with Gasteiger partial charge in [0.25, 0.3) is 15.9 Å². The number of nitrogens with zero attached hydrogens (tertiary/aromatic N) is 2. The topological polar surface area (TPSA) is 74.8 Å². The Kier molecular flexibility index (Phi) is 6.52. The van der Waals surface area contributed by atoms with Gasteiger partial charge in [0.15, 0.2) is 0 Å². The summed E-state index contributed by atoms with van der Waals surface area (Å²) in [5.74, 6) is -0.621. The van der Waals surface area contributed by atoms with E-state index in [2.05, 4.69) is 13.8 Å². The fourth-order valence-corrected chi connectivity index (χ4v) is 6.99. The van der Waals surface area contributed by atoms with Crippen LogP contribution in [0.4, 0.5) is 5.69 Å². The van der Waals surface area contributed by atoms with Crippen LogP contribution in [0.2, 0.25) is 0 Å². The van der Waals surface area contributed by atoms with Crippen LogP contribution in [-0.4, -0.2) is 30.6 Å². The molecule has 3 aromatic rings. The third kappa shape index (κ3) is 4.38. The minimum atomic E-state index is -4.02. The number of hydrogen-bond acceptors (Lipinski definition) is 5. The average Bonchev–Trinajstić information content (AvgIpc) is 3.44. The molecule has 33 heavy (non-hydrogen) atoms. The molecule has 0 radical (unpaired) electrons. The molecule has 2 aromatic carbocycles. The number of benzene rings is 2. The van der Waals surface area contributed by atoms with Crippen molar-refractivity contribution < 1.29 is 18.0 Å². The van der Waals surface area contributed by atoms with Crippen molar-refractivity contribution in [2.45, 2.75) is 49.4 Å². The molecule has 1 saturated heterocycles. The summed E-state index contributed by atoms with van der Waals surface area (Å²) in [5, 5.41) is 1.68. The molecule has 2 atom stereocenters. The van der Waals surface area contributed by atoms with Gasteiger partial charge in [-0.2, -0.15) is 4.31 Å². The van der Waals surface area contributed by atoms with E-state index in [1.54, 1.807) is 30.5 Å². The van der Waals surface area contributed by atoms with Crippen LogP contribution in [0.3, 0.4) is 0 Å². The van der Waals surface area contributed by atoms with E-state index in [0.717, 1.165) is 27.4 Å². The number of carbonyl (C=O) groups is 2. The second-order valence-electron chi connectivity index (χ2n) is 8.39. The first-order valence-electron chi connectivity index (χ1n) is 10.8. The van der Waals surface area contributed by atoms with Crippen LogP contribution in [-0.2, 0) is 19.6 Å². The average molecular weight is 483 g/mol. The predicted octanol–water partition coefficient (Wildman–Crippen LogP) is 4.96. The number of imide groups is 1. The third-order valence-corrected chi connectivity index (χ3v) is 9.29. The number of sulfonamides is 1. The Morgan fingerprint density at radius 3 is 2.15 bits per heavy atom. The van der Waals surface area contributed by atoms with Gasteiger partial charge < -0.3 is 0 Å². The summed E-state index contributed by atoms with van der Waals surface area (Å²) in [7, 11) is -4.02. The standard InChI is InChI=1S/C25H26N2O4S2/c1-17(2)19-11-13-21(14-12-19)26-23(28)16-22(25(26)29)27(18(3)20-8-5-4-6-9-20)33(30,31)24-10-7-15-32-24/h4-15,17-18,22H,16H2,1-3H3. The van der Waals surface area contributed by atoms with Gasteiger partial charge in [0.1, 0.15) is 10.3 Å². The van der Waals surface area contributed by atoms with Crippen LogP contribution in [0, 0.1) is 0 Å². The summed E-state index contributed by atoms with van der Waals surface area (Å²) < 4.78 is 28.7. The zero-order valence-electron chi connectivity index (χ0n) is 18.7. The van der Waals surface area contributed by atoms with Crippen molar-refractivity contribution in [2.24, 2.45) is 0 Å². The SMILES string of the molecule is CC(C)c1ccc(N2C(=O)CC(N(C(C)c3ccccc3)S(=O)(=O)c3cccs3)C2=O)cc1. The second-order valence-corrected chi connectivity index (χ2v) is 11.4. The van der Waals surface area contributed by atoms with Crippen molar-refractivity contribution in [1.82, 2.24) is 4.31 Å².